The molecule has 0 saturated heterocycles. The average Bonchev–Trinajstić information content (AvgIpc) is 2.25. The predicted octanol–water partition coefficient (Wildman–Crippen LogP) is 5.24. The fourth-order valence-corrected chi connectivity index (χ4v) is 3.40. The molecule has 0 radical (unpaired) electrons. The second kappa shape index (κ2) is 7.85. The highest BCUT2D eigenvalue weighted by Crippen LogP contribution is 2.32. The van der Waals surface area contributed by atoms with E-state index in [4.69, 9.17) is 0 Å². The lowest BCUT2D eigenvalue weighted by atomic mass is 9.77. The second-order valence-corrected chi connectivity index (χ2v) is 7.40. The molecule has 0 saturated carbocycles. The third kappa shape index (κ3) is 4.64. The minimum absolute atomic E-state index is 0.0166. The van der Waals surface area contributed by atoms with Crippen molar-refractivity contribution in [3.63, 3.8) is 0 Å². The zero-order valence-corrected chi connectivity index (χ0v) is 14.8. The maximum Gasteiger partial charge on any atom is 0.165 e. The predicted molar refractivity (Wildman–Crippen MR) is 86.7 cm³/mol. The number of hydrogen-bond acceptors (Lipinski definition) is 2. The van der Waals surface area contributed by atoms with Gasteiger partial charge < -0.3 is 5.11 Å². The lowest BCUT2D eigenvalue weighted by Gasteiger charge is -2.28. The van der Waals surface area contributed by atoms with Crippen LogP contribution in [0.5, 0.6) is 0 Å². The number of aliphatic hydroxyl groups is 1. The third-order valence-electron chi connectivity index (χ3n) is 4.25. The number of allylic oxidation sites excluding steroid dienone is 2. The Labute approximate surface area is 125 Å². The summed E-state index contributed by atoms with van der Waals surface area (Å²) in [4.78, 5) is 12.7. The monoisotopic (exact) mass is 282 g/mol. The highest BCUT2D eigenvalue weighted by atomic mass is 16.3. The van der Waals surface area contributed by atoms with E-state index in [2.05, 4.69) is 55.4 Å². The molecule has 0 fully saturated rings. The largest absolute Gasteiger partial charge is 0.512 e. The molecule has 0 spiro atoms. The number of aliphatic hydroxyl groups excluding tert-OH is 1. The number of carbonyl (C=O) groups excluding carboxylic acids is 1. The highest BCUT2D eigenvalue weighted by Gasteiger charge is 2.31. The van der Waals surface area contributed by atoms with Crippen molar-refractivity contribution in [2.75, 3.05) is 0 Å². The standard InChI is InChI=1S/C18H34O2/c1-10(2)15(11(3)4)17(19)14(9)18(20)16(12(5)6)13(7)8/h10-13,15-16,19H,1-9H3. The van der Waals surface area contributed by atoms with Crippen molar-refractivity contribution in [2.45, 2.75) is 62.3 Å². The molecule has 0 aromatic heterocycles. The van der Waals surface area contributed by atoms with E-state index in [1.54, 1.807) is 6.92 Å². The smallest absolute Gasteiger partial charge is 0.165 e. The molecule has 0 aliphatic carbocycles. The summed E-state index contributed by atoms with van der Waals surface area (Å²) in [6, 6.07) is 0. The van der Waals surface area contributed by atoms with Crippen LogP contribution in [0.3, 0.4) is 0 Å². The van der Waals surface area contributed by atoms with Crippen molar-refractivity contribution in [3.05, 3.63) is 11.3 Å². The summed E-state index contributed by atoms with van der Waals surface area (Å²) in [5.41, 5.74) is 0.560. The summed E-state index contributed by atoms with van der Waals surface area (Å²) in [6.07, 6.45) is 0. The Kier molecular flexibility index (Phi) is 7.54. The summed E-state index contributed by atoms with van der Waals surface area (Å²) in [5.74, 6) is 1.69. The Balaban J connectivity index is 5.52. The highest BCUT2D eigenvalue weighted by molar-refractivity contribution is 5.97. The number of Topliss-reactive ketones (excluding diaryl/α,β-unsaturated/α-hetero) is 1. The average molecular weight is 282 g/mol. The quantitative estimate of drug-likeness (QED) is 0.512. The Morgan fingerprint density at radius 3 is 1.25 bits per heavy atom. The van der Waals surface area contributed by atoms with Gasteiger partial charge in [-0.15, -0.1) is 0 Å². The molecule has 20 heavy (non-hydrogen) atoms. The summed E-state index contributed by atoms with van der Waals surface area (Å²) < 4.78 is 0. The van der Waals surface area contributed by atoms with Gasteiger partial charge in [0.25, 0.3) is 0 Å². The maximum absolute atomic E-state index is 12.7. The van der Waals surface area contributed by atoms with Gasteiger partial charge in [-0.1, -0.05) is 55.4 Å². The molecule has 2 nitrogen and oxygen atoms in total. The first-order valence-electron chi connectivity index (χ1n) is 7.96. The van der Waals surface area contributed by atoms with Crippen LogP contribution >= 0.6 is 0 Å². The zero-order valence-electron chi connectivity index (χ0n) is 14.8. The van der Waals surface area contributed by atoms with Crippen LogP contribution in [0, 0.1) is 35.5 Å². The second-order valence-electron chi connectivity index (χ2n) is 7.40. The molecule has 0 amide bonds. The van der Waals surface area contributed by atoms with Crippen LogP contribution in [0.15, 0.2) is 11.3 Å². The Morgan fingerprint density at radius 1 is 0.700 bits per heavy atom. The van der Waals surface area contributed by atoms with Gasteiger partial charge in [0.1, 0.15) is 5.76 Å². The maximum atomic E-state index is 12.7. The van der Waals surface area contributed by atoms with Crippen LogP contribution in [0.4, 0.5) is 0 Å². The molecule has 0 aliphatic heterocycles. The normalized spacial score (nSPS) is 14.2. The first-order chi connectivity index (χ1) is 9.02. The molecule has 2 heteroatoms. The number of hydrogen-bond donors (Lipinski definition) is 1. The molecular formula is C18H34O2. The van der Waals surface area contributed by atoms with Gasteiger partial charge >= 0.3 is 0 Å². The molecule has 0 unspecified atom stereocenters. The van der Waals surface area contributed by atoms with E-state index in [9.17, 15) is 9.90 Å². The number of carbonyl (C=O) groups is 1. The topological polar surface area (TPSA) is 37.3 Å². The molecule has 0 aromatic rings. The molecular weight excluding hydrogens is 248 g/mol. The summed E-state index contributed by atoms with van der Waals surface area (Å²) in [7, 11) is 0. The number of rotatable bonds is 7. The van der Waals surface area contributed by atoms with Gasteiger partial charge in [-0.25, -0.2) is 0 Å². The van der Waals surface area contributed by atoms with Gasteiger partial charge in [0.2, 0.25) is 0 Å². The fraction of sp³-hybridized carbons (Fsp3) is 0.833. The van der Waals surface area contributed by atoms with E-state index in [0.717, 1.165) is 0 Å². The van der Waals surface area contributed by atoms with E-state index in [1.165, 1.54) is 0 Å². The van der Waals surface area contributed by atoms with E-state index in [-0.39, 0.29) is 17.6 Å². The van der Waals surface area contributed by atoms with Crippen LogP contribution < -0.4 is 0 Å². The van der Waals surface area contributed by atoms with Crippen molar-refractivity contribution in [1.82, 2.24) is 0 Å². The Morgan fingerprint density at radius 2 is 1.00 bits per heavy atom. The van der Waals surface area contributed by atoms with Crippen LogP contribution in [0.2, 0.25) is 0 Å². The lowest BCUT2D eigenvalue weighted by molar-refractivity contribution is -0.122. The SMILES string of the molecule is CC(C(=O)C(C(C)C)C(C)C)=C(O)C(C(C)C)C(C)C. The molecule has 1 N–H and O–H groups in total. The zero-order chi connectivity index (χ0) is 16.2. The van der Waals surface area contributed by atoms with Gasteiger partial charge in [0.15, 0.2) is 5.78 Å². The van der Waals surface area contributed by atoms with Crippen molar-refractivity contribution in [2.24, 2.45) is 35.5 Å². The lowest BCUT2D eigenvalue weighted by Crippen LogP contribution is -2.29. The van der Waals surface area contributed by atoms with E-state index < -0.39 is 0 Å². The van der Waals surface area contributed by atoms with Gasteiger partial charge in [-0.2, -0.15) is 0 Å². The first-order valence-corrected chi connectivity index (χ1v) is 7.96. The molecule has 0 heterocycles. The molecule has 0 rings (SSSR count). The number of ketones is 1. The van der Waals surface area contributed by atoms with E-state index in [0.29, 0.717) is 35.0 Å². The third-order valence-corrected chi connectivity index (χ3v) is 4.25. The minimum atomic E-state index is -0.0166. The first kappa shape index (κ1) is 19.2. The molecule has 0 bridgehead atoms. The van der Waals surface area contributed by atoms with Crippen molar-refractivity contribution >= 4 is 5.78 Å². The van der Waals surface area contributed by atoms with Gasteiger partial charge in [-0.3, -0.25) is 4.79 Å². The van der Waals surface area contributed by atoms with Crippen LogP contribution in [0.25, 0.3) is 0 Å². The molecule has 0 aromatic carbocycles. The summed E-state index contributed by atoms with van der Waals surface area (Å²) >= 11 is 0. The van der Waals surface area contributed by atoms with Crippen molar-refractivity contribution < 1.29 is 9.90 Å². The van der Waals surface area contributed by atoms with Gasteiger partial charge in [0.05, 0.1) is 0 Å². The van der Waals surface area contributed by atoms with Gasteiger partial charge in [0, 0.05) is 17.4 Å². The van der Waals surface area contributed by atoms with Crippen LogP contribution in [-0.4, -0.2) is 10.9 Å². The van der Waals surface area contributed by atoms with Crippen LogP contribution in [-0.2, 0) is 4.79 Å². The van der Waals surface area contributed by atoms with Crippen LogP contribution in [0.1, 0.15) is 62.3 Å². The molecule has 0 atom stereocenters. The minimum Gasteiger partial charge on any atom is -0.512 e. The van der Waals surface area contributed by atoms with Crippen molar-refractivity contribution in [3.8, 4) is 0 Å². The Hall–Kier alpha value is -0.790. The van der Waals surface area contributed by atoms with Crippen molar-refractivity contribution in [1.29, 1.82) is 0 Å². The van der Waals surface area contributed by atoms with Gasteiger partial charge in [-0.05, 0) is 30.6 Å². The Bertz CT molecular complexity index is 332. The summed E-state index contributed by atoms with van der Waals surface area (Å²) in [5, 5.41) is 10.6. The van der Waals surface area contributed by atoms with E-state index in [1.807, 2.05) is 0 Å². The summed E-state index contributed by atoms with van der Waals surface area (Å²) in [6.45, 7) is 18.5. The fourth-order valence-electron chi connectivity index (χ4n) is 3.40. The molecule has 0 aliphatic rings. The molecule has 118 valence electrons. The van der Waals surface area contributed by atoms with E-state index >= 15 is 0 Å².